The summed E-state index contributed by atoms with van der Waals surface area (Å²) < 4.78 is 28.6. The van der Waals surface area contributed by atoms with Gasteiger partial charge in [-0.25, -0.2) is 18.1 Å². The van der Waals surface area contributed by atoms with Crippen molar-refractivity contribution in [1.29, 1.82) is 0 Å². The molecule has 1 aliphatic heterocycles. The van der Waals surface area contributed by atoms with Crippen molar-refractivity contribution in [1.82, 2.24) is 14.1 Å². The van der Waals surface area contributed by atoms with E-state index in [0.717, 1.165) is 32.2 Å². The molecular formula is C16H20N4O3S. The van der Waals surface area contributed by atoms with Gasteiger partial charge in [-0.05, 0) is 37.8 Å². The predicted octanol–water partition coefficient (Wildman–Crippen LogP) is 0.745. The summed E-state index contributed by atoms with van der Waals surface area (Å²) in [7, 11) is -3.20. The molecule has 3 heterocycles. The van der Waals surface area contributed by atoms with Gasteiger partial charge in [0.1, 0.15) is 11.5 Å². The van der Waals surface area contributed by atoms with Crippen LogP contribution in [0.5, 0.6) is 0 Å². The zero-order chi connectivity index (χ0) is 16.7. The largest absolute Gasteiger partial charge is 0.355 e. The third-order valence-electron chi connectivity index (χ3n) is 4.60. The van der Waals surface area contributed by atoms with Crippen LogP contribution in [-0.2, 0) is 10.0 Å². The Bertz CT molecular complexity index is 920. The smallest absolute Gasteiger partial charge is 0.259 e. The first-order valence-electron chi connectivity index (χ1n) is 8.27. The maximum atomic E-state index is 12.2. The van der Waals surface area contributed by atoms with Crippen molar-refractivity contribution in [3.05, 3.63) is 40.8 Å². The molecule has 4 rings (SSSR count). The summed E-state index contributed by atoms with van der Waals surface area (Å²) in [5.74, 6) is 0.613. The molecular weight excluding hydrogens is 328 g/mol. The predicted molar refractivity (Wildman–Crippen MR) is 91.8 cm³/mol. The van der Waals surface area contributed by atoms with E-state index in [1.54, 1.807) is 18.3 Å². The van der Waals surface area contributed by atoms with Crippen LogP contribution in [0.4, 0.5) is 5.82 Å². The molecule has 8 heteroatoms. The Labute approximate surface area is 140 Å². The van der Waals surface area contributed by atoms with Crippen molar-refractivity contribution in [2.45, 2.75) is 37.0 Å². The second-order valence-corrected chi connectivity index (χ2v) is 8.52. The van der Waals surface area contributed by atoms with Gasteiger partial charge < -0.3 is 4.90 Å². The number of piperidine rings is 1. The monoisotopic (exact) mass is 348 g/mol. The summed E-state index contributed by atoms with van der Waals surface area (Å²) in [6.45, 7) is 1.32. The lowest BCUT2D eigenvalue weighted by Gasteiger charge is -2.33. The fourth-order valence-electron chi connectivity index (χ4n) is 3.19. The lowest BCUT2D eigenvalue weighted by atomic mass is 10.1. The Kier molecular flexibility index (Phi) is 3.80. The van der Waals surface area contributed by atoms with E-state index in [2.05, 4.69) is 9.71 Å². The molecule has 1 saturated carbocycles. The number of aromatic nitrogens is 2. The molecule has 1 atom stereocenters. The van der Waals surface area contributed by atoms with E-state index in [1.807, 2.05) is 11.0 Å². The Morgan fingerprint density at radius 1 is 1.21 bits per heavy atom. The minimum atomic E-state index is -3.20. The van der Waals surface area contributed by atoms with Crippen LogP contribution < -0.4 is 15.2 Å². The quantitative estimate of drug-likeness (QED) is 0.881. The van der Waals surface area contributed by atoms with Crippen LogP contribution in [0, 0.1) is 0 Å². The molecule has 1 unspecified atom stereocenters. The number of hydrogen-bond donors (Lipinski definition) is 1. The first-order valence-corrected chi connectivity index (χ1v) is 9.82. The number of nitrogens with one attached hydrogen (secondary N) is 1. The highest BCUT2D eigenvalue weighted by atomic mass is 32.2. The molecule has 2 aromatic heterocycles. The Morgan fingerprint density at radius 3 is 2.83 bits per heavy atom. The Balaban J connectivity index is 1.57. The van der Waals surface area contributed by atoms with Gasteiger partial charge in [-0.2, -0.15) is 0 Å². The fourth-order valence-corrected chi connectivity index (χ4v) is 4.80. The molecule has 0 radical (unpaired) electrons. The van der Waals surface area contributed by atoms with Crippen LogP contribution in [0.15, 0.2) is 35.3 Å². The van der Waals surface area contributed by atoms with Crippen molar-refractivity contribution in [2.24, 2.45) is 0 Å². The lowest BCUT2D eigenvalue weighted by molar-refractivity contribution is 0.463. The van der Waals surface area contributed by atoms with Crippen LogP contribution >= 0.6 is 0 Å². The van der Waals surface area contributed by atoms with Crippen molar-refractivity contribution < 1.29 is 8.42 Å². The van der Waals surface area contributed by atoms with E-state index in [-0.39, 0.29) is 16.9 Å². The van der Waals surface area contributed by atoms with E-state index in [1.165, 1.54) is 10.5 Å². The lowest BCUT2D eigenvalue weighted by Crippen LogP contribution is -2.49. The van der Waals surface area contributed by atoms with Crippen molar-refractivity contribution in [3.8, 4) is 0 Å². The van der Waals surface area contributed by atoms with Gasteiger partial charge in [0.25, 0.3) is 5.56 Å². The highest BCUT2D eigenvalue weighted by molar-refractivity contribution is 7.90. The van der Waals surface area contributed by atoms with E-state index in [4.69, 9.17) is 0 Å². The summed E-state index contributed by atoms with van der Waals surface area (Å²) in [4.78, 5) is 18.8. The maximum Gasteiger partial charge on any atom is 0.259 e. The summed E-state index contributed by atoms with van der Waals surface area (Å²) in [6, 6.07) is 6.82. The van der Waals surface area contributed by atoms with E-state index < -0.39 is 10.0 Å². The molecule has 0 aromatic carbocycles. The first kappa shape index (κ1) is 15.6. The first-order chi connectivity index (χ1) is 11.5. The third-order valence-corrected chi connectivity index (χ3v) is 6.61. The molecule has 1 N–H and O–H groups in total. The van der Waals surface area contributed by atoms with Crippen molar-refractivity contribution in [2.75, 3.05) is 18.0 Å². The minimum Gasteiger partial charge on any atom is -0.355 e. The molecule has 2 aliphatic rings. The van der Waals surface area contributed by atoms with Gasteiger partial charge in [0, 0.05) is 31.4 Å². The topological polar surface area (TPSA) is 83.8 Å². The maximum absolute atomic E-state index is 12.2. The van der Waals surface area contributed by atoms with Crippen LogP contribution in [0.25, 0.3) is 5.65 Å². The number of hydrogen-bond acceptors (Lipinski definition) is 5. The molecule has 7 nitrogen and oxygen atoms in total. The van der Waals surface area contributed by atoms with Gasteiger partial charge in [0.2, 0.25) is 10.0 Å². The van der Waals surface area contributed by atoms with E-state index in [9.17, 15) is 13.2 Å². The van der Waals surface area contributed by atoms with Crippen LogP contribution in [0.3, 0.4) is 0 Å². The summed E-state index contributed by atoms with van der Waals surface area (Å²) in [5.41, 5.74) is 0.469. The number of fused-ring (bicyclic) bond motifs is 1. The van der Waals surface area contributed by atoms with Gasteiger partial charge >= 0.3 is 0 Å². The molecule has 0 bridgehead atoms. The van der Waals surface area contributed by atoms with Crippen LogP contribution in [0.1, 0.15) is 25.7 Å². The second-order valence-electron chi connectivity index (χ2n) is 6.53. The molecule has 0 spiro atoms. The van der Waals surface area contributed by atoms with Crippen molar-refractivity contribution >= 4 is 21.5 Å². The SMILES string of the molecule is O=c1cc(N2CCCC(NS(=O)(=O)C3CC3)C2)nc2ccccn12. The number of pyridine rings is 1. The summed E-state index contributed by atoms with van der Waals surface area (Å²) >= 11 is 0. The van der Waals surface area contributed by atoms with Gasteiger partial charge in [-0.3, -0.25) is 9.20 Å². The minimum absolute atomic E-state index is 0.125. The van der Waals surface area contributed by atoms with Gasteiger partial charge in [-0.1, -0.05) is 6.07 Å². The fraction of sp³-hybridized carbons (Fsp3) is 0.500. The standard InChI is InChI=1S/C16H20N4O3S/c21-16-10-15(17-14-5-1-2-9-20(14)16)19-8-3-4-12(11-19)18-24(22,23)13-6-7-13/h1-2,5,9-10,12-13,18H,3-4,6-8,11H2. The average Bonchev–Trinajstić information content (AvgIpc) is 3.40. The third kappa shape index (κ3) is 3.03. The van der Waals surface area contributed by atoms with Crippen LogP contribution in [-0.4, -0.2) is 42.2 Å². The Morgan fingerprint density at radius 2 is 2.04 bits per heavy atom. The van der Waals surface area contributed by atoms with Crippen LogP contribution in [0.2, 0.25) is 0 Å². The van der Waals surface area contributed by atoms with E-state index in [0.29, 0.717) is 18.0 Å². The summed E-state index contributed by atoms with van der Waals surface area (Å²) in [5, 5.41) is -0.212. The second kappa shape index (κ2) is 5.86. The zero-order valence-corrected chi connectivity index (χ0v) is 14.1. The molecule has 0 amide bonds. The summed E-state index contributed by atoms with van der Waals surface area (Å²) in [6.07, 6.45) is 4.89. The molecule has 24 heavy (non-hydrogen) atoms. The van der Waals surface area contributed by atoms with Gasteiger partial charge in [0.15, 0.2) is 0 Å². The zero-order valence-electron chi connectivity index (χ0n) is 13.3. The number of sulfonamides is 1. The molecule has 1 aliphatic carbocycles. The molecule has 2 aromatic rings. The normalized spacial score (nSPS) is 22.0. The van der Waals surface area contributed by atoms with E-state index >= 15 is 0 Å². The highest BCUT2D eigenvalue weighted by Gasteiger charge is 2.37. The molecule has 2 fully saturated rings. The number of nitrogens with zero attached hydrogens (tertiary/aromatic N) is 3. The molecule has 128 valence electrons. The van der Waals surface area contributed by atoms with Crippen molar-refractivity contribution in [3.63, 3.8) is 0 Å². The number of rotatable bonds is 4. The Hall–Kier alpha value is -1.93. The number of anilines is 1. The molecule has 1 saturated heterocycles. The van der Waals surface area contributed by atoms with Gasteiger partial charge in [0.05, 0.1) is 5.25 Å². The highest BCUT2D eigenvalue weighted by Crippen LogP contribution is 2.28. The average molecular weight is 348 g/mol. The van der Waals surface area contributed by atoms with Gasteiger partial charge in [-0.15, -0.1) is 0 Å².